The molecule has 2 rings (SSSR count). The van der Waals surface area contributed by atoms with Gasteiger partial charge in [0.1, 0.15) is 11.5 Å². The minimum Gasteiger partial charge on any atom is -0.496 e. The maximum absolute atomic E-state index is 12.6. The summed E-state index contributed by atoms with van der Waals surface area (Å²) in [4.78, 5) is 25.1. The zero-order chi connectivity index (χ0) is 20.7. The van der Waals surface area contributed by atoms with E-state index >= 15 is 0 Å². The van der Waals surface area contributed by atoms with E-state index in [0.29, 0.717) is 22.6 Å². The van der Waals surface area contributed by atoms with E-state index in [9.17, 15) is 9.59 Å². The van der Waals surface area contributed by atoms with Crippen LogP contribution in [-0.4, -0.2) is 31.5 Å². The average molecular weight is 403 g/mol. The van der Waals surface area contributed by atoms with Gasteiger partial charge in [-0.05, 0) is 50.7 Å². The standard InChI is InChI=1S/C23H30O4S/c1-6-7-8-13-28-20(12-9-15(2)3)16-14-19(26-4)21-17(24)10-11-18(25)22(21)23(16)27-5/h9-11,14,20H,6-8,12-13H2,1-5H3. The number of allylic oxidation sites excluding steroid dienone is 4. The third-order valence-electron chi connectivity index (χ3n) is 4.73. The number of hydrogen-bond donors (Lipinski definition) is 0. The lowest BCUT2D eigenvalue weighted by molar-refractivity contribution is 0.0988. The summed E-state index contributed by atoms with van der Waals surface area (Å²) >= 11 is 1.86. The second kappa shape index (κ2) is 10.5. The molecule has 1 unspecified atom stereocenters. The molecule has 1 atom stereocenters. The van der Waals surface area contributed by atoms with Gasteiger partial charge in [-0.2, -0.15) is 11.8 Å². The van der Waals surface area contributed by atoms with Crippen molar-refractivity contribution in [3.05, 3.63) is 46.6 Å². The highest BCUT2D eigenvalue weighted by molar-refractivity contribution is 7.99. The average Bonchev–Trinajstić information content (AvgIpc) is 2.68. The summed E-state index contributed by atoms with van der Waals surface area (Å²) in [6.07, 6.45) is 9.17. The number of fused-ring (bicyclic) bond motifs is 1. The van der Waals surface area contributed by atoms with Crippen LogP contribution in [-0.2, 0) is 0 Å². The van der Waals surface area contributed by atoms with Gasteiger partial charge in [0.05, 0.1) is 25.3 Å². The summed E-state index contributed by atoms with van der Waals surface area (Å²) in [5, 5.41) is 0.120. The van der Waals surface area contributed by atoms with Crippen molar-refractivity contribution in [2.45, 2.75) is 51.7 Å². The molecule has 1 aromatic rings. The largest absolute Gasteiger partial charge is 0.496 e. The van der Waals surface area contributed by atoms with Gasteiger partial charge in [0.25, 0.3) is 0 Å². The third kappa shape index (κ3) is 5.07. The Hall–Kier alpha value is -2.01. The van der Waals surface area contributed by atoms with Gasteiger partial charge in [-0.15, -0.1) is 0 Å². The highest BCUT2D eigenvalue weighted by Gasteiger charge is 2.31. The summed E-state index contributed by atoms with van der Waals surface area (Å²) in [5.74, 6) is 1.51. The first-order valence-electron chi connectivity index (χ1n) is 9.75. The van der Waals surface area contributed by atoms with Crippen LogP contribution in [0.25, 0.3) is 0 Å². The third-order valence-corrected chi connectivity index (χ3v) is 6.10. The van der Waals surface area contributed by atoms with Gasteiger partial charge in [0.15, 0.2) is 11.6 Å². The number of hydrogen-bond acceptors (Lipinski definition) is 5. The number of methoxy groups -OCH3 is 2. The molecular weight excluding hydrogens is 372 g/mol. The molecule has 28 heavy (non-hydrogen) atoms. The van der Waals surface area contributed by atoms with Crippen LogP contribution >= 0.6 is 11.8 Å². The number of unbranched alkanes of at least 4 members (excludes halogenated alkanes) is 2. The van der Waals surface area contributed by atoms with Crippen molar-refractivity contribution in [2.75, 3.05) is 20.0 Å². The van der Waals surface area contributed by atoms with Crippen molar-refractivity contribution in [1.29, 1.82) is 0 Å². The summed E-state index contributed by atoms with van der Waals surface area (Å²) in [5.41, 5.74) is 2.78. The molecule has 0 saturated heterocycles. The Morgan fingerprint density at radius 1 is 1.07 bits per heavy atom. The van der Waals surface area contributed by atoms with E-state index in [1.807, 2.05) is 17.8 Å². The van der Waals surface area contributed by atoms with Gasteiger partial charge in [-0.3, -0.25) is 9.59 Å². The molecule has 5 heteroatoms. The van der Waals surface area contributed by atoms with Crippen LogP contribution in [0.15, 0.2) is 29.9 Å². The van der Waals surface area contributed by atoms with Gasteiger partial charge >= 0.3 is 0 Å². The van der Waals surface area contributed by atoms with Gasteiger partial charge in [-0.25, -0.2) is 0 Å². The normalized spacial score (nSPS) is 13.9. The number of rotatable bonds is 10. The molecule has 0 aromatic heterocycles. The van der Waals surface area contributed by atoms with E-state index in [1.54, 1.807) is 7.11 Å². The van der Waals surface area contributed by atoms with E-state index in [0.717, 1.165) is 24.2 Å². The van der Waals surface area contributed by atoms with Crippen LogP contribution in [0.3, 0.4) is 0 Å². The molecule has 0 saturated carbocycles. The van der Waals surface area contributed by atoms with E-state index < -0.39 is 0 Å². The van der Waals surface area contributed by atoms with Crippen LogP contribution < -0.4 is 9.47 Å². The number of carbonyl (C=O) groups is 2. The smallest absolute Gasteiger partial charge is 0.190 e. The molecule has 0 fully saturated rings. The molecule has 0 radical (unpaired) electrons. The fraction of sp³-hybridized carbons (Fsp3) is 0.478. The summed E-state index contributed by atoms with van der Waals surface area (Å²) in [6, 6.07) is 1.87. The Morgan fingerprint density at radius 3 is 2.32 bits per heavy atom. The number of ketones is 2. The van der Waals surface area contributed by atoms with Crippen molar-refractivity contribution in [1.82, 2.24) is 0 Å². The van der Waals surface area contributed by atoms with E-state index in [2.05, 4.69) is 26.8 Å². The second-order valence-corrected chi connectivity index (χ2v) is 8.41. The van der Waals surface area contributed by atoms with Gasteiger partial charge in [-0.1, -0.05) is 31.4 Å². The molecule has 0 N–H and O–H groups in total. The molecule has 1 aromatic carbocycles. The SMILES string of the molecule is CCCCCSC(CC=C(C)C)c1cc(OC)c2c(c1OC)C(=O)C=CC2=O. The zero-order valence-electron chi connectivity index (χ0n) is 17.5. The van der Waals surface area contributed by atoms with Crippen molar-refractivity contribution in [2.24, 2.45) is 0 Å². The van der Waals surface area contributed by atoms with E-state index in [1.165, 1.54) is 37.7 Å². The molecule has 1 aliphatic carbocycles. The first kappa shape index (κ1) is 22.3. The van der Waals surface area contributed by atoms with E-state index in [-0.39, 0.29) is 16.8 Å². The van der Waals surface area contributed by atoms with Crippen molar-refractivity contribution in [3.63, 3.8) is 0 Å². The number of benzene rings is 1. The molecular formula is C23H30O4S. The Balaban J connectivity index is 2.55. The Bertz CT molecular complexity index is 788. The first-order valence-corrected chi connectivity index (χ1v) is 10.8. The molecule has 0 amide bonds. The molecule has 152 valence electrons. The Kier molecular flexibility index (Phi) is 8.36. The van der Waals surface area contributed by atoms with Crippen LogP contribution in [0.1, 0.15) is 78.0 Å². The lowest BCUT2D eigenvalue weighted by Gasteiger charge is -2.24. The fourth-order valence-corrected chi connectivity index (χ4v) is 4.53. The minimum atomic E-state index is -0.229. The Labute approximate surface area is 172 Å². The monoisotopic (exact) mass is 402 g/mol. The topological polar surface area (TPSA) is 52.6 Å². The van der Waals surface area contributed by atoms with Crippen molar-refractivity contribution in [3.8, 4) is 11.5 Å². The van der Waals surface area contributed by atoms with Gasteiger partial charge in [0.2, 0.25) is 0 Å². The maximum atomic E-state index is 12.6. The minimum absolute atomic E-state index is 0.120. The summed E-state index contributed by atoms with van der Waals surface area (Å²) in [7, 11) is 3.09. The maximum Gasteiger partial charge on any atom is 0.190 e. The number of thioether (sulfide) groups is 1. The van der Waals surface area contributed by atoms with Gasteiger partial charge < -0.3 is 9.47 Å². The quantitative estimate of drug-likeness (QED) is 0.357. The van der Waals surface area contributed by atoms with Crippen LogP contribution in [0.2, 0.25) is 0 Å². The fourth-order valence-electron chi connectivity index (χ4n) is 3.28. The first-order chi connectivity index (χ1) is 13.4. The number of carbonyl (C=O) groups excluding carboxylic acids is 2. The van der Waals surface area contributed by atoms with Gasteiger partial charge in [0, 0.05) is 10.8 Å². The highest BCUT2D eigenvalue weighted by Crippen LogP contribution is 2.45. The van der Waals surface area contributed by atoms with Crippen LogP contribution in [0.5, 0.6) is 11.5 Å². The number of ether oxygens (including phenoxy) is 2. The summed E-state index contributed by atoms with van der Waals surface area (Å²) in [6.45, 7) is 6.35. The van der Waals surface area contributed by atoms with E-state index in [4.69, 9.17) is 9.47 Å². The summed E-state index contributed by atoms with van der Waals surface area (Å²) < 4.78 is 11.2. The predicted octanol–water partition coefficient (Wildman–Crippen LogP) is 5.96. The van der Waals surface area contributed by atoms with Crippen molar-refractivity contribution < 1.29 is 19.1 Å². The molecule has 0 spiro atoms. The Morgan fingerprint density at radius 2 is 1.75 bits per heavy atom. The lowest BCUT2D eigenvalue weighted by Crippen LogP contribution is -2.16. The lowest BCUT2D eigenvalue weighted by atomic mass is 9.89. The zero-order valence-corrected chi connectivity index (χ0v) is 18.3. The van der Waals surface area contributed by atoms with Crippen molar-refractivity contribution >= 4 is 23.3 Å². The molecule has 0 heterocycles. The molecule has 1 aliphatic rings. The molecule has 0 aliphatic heterocycles. The second-order valence-electron chi connectivity index (χ2n) is 7.10. The molecule has 0 bridgehead atoms. The molecule has 4 nitrogen and oxygen atoms in total. The van der Waals surface area contributed by atoms with Crippen LogP contribution in [0, 0.1) is 0 Å². The van der Waals surface area contributed by atoms with Crippen LogP contribution in [0.4, 0.5) is 0 Å². The highest BCUT2D eigenvalue weighted by atomic mass is 32.2. The predicted molar refractivity (Wildman–Crippen MR) is 116 cm³/mol.